The maximum Gasteiger partial charge on any atom is 0.287 e. The van der Waals surface area contributed by atoms with E-state index in [9.17, 15) is 22.0 Å². The Morgan fingerprint density at radius 2 is 1.88 bits per heavy atom. The van der Waals surface area contributed by atoms with Crippen LogP contribution >= 0.6 is 0 Å². The molecule has 0 radical (unpaired) electrons. The number of carbonyl (C=O) groups excluding carboxylic acids is 1. The molecular weight excluding hydrogens is 364 g/mol. The fraction of sp³-hybridized carbons (Fsp3) is 0.176. The molecule has 26 heavy (non-hydrogen) atoms. The first-order valence-electron chi connectivity index (χ1n) is 7.76. The van der Waals surface area contributed by atoms with Gasteiger partial charge in [-0.05, 0) is 24.6 Å². The van der Waals surface area contributed by atoms with Crippen LogP contribution in [0.25, 0.3) is 11.3 Å². The summed E-state index contributed by atoms with van der Waals surface area (Å²) in [5.41, 5.74) is 0.405. The lowest BCUT2D eigenvalue weighted by molar-refractivity contribution is 0.0994. The summed E-state index contributed by atoms with van der Waals surface area (Å²) in [5, 5.41) is -0.221. The second-order valence-corrected chi connectivity index (χ2v) is 7.82. The Kier molecular flexibility index (Phi) is 3.58. The maximum absolute atomic E-state index is 14.3. The molecule has 1 aliphatic rings. The number of aromatic nitrogens is 3. The third-order valence-electron chi connectivity index (χ3n) is 4.34. The van der Waals surface area contributed by atoms with Crippen LogP contribution in [-0.2, 0) is 23.5 Å². The van der Waals surface area contributed by atoms with Gasteiger partial charge in [-0.25, -0.2) is 17.7 Å². The van der Waals surface area contributed by atoms with Crippen LogP contribution in [0.5, 0.6) is 0 Å². The molecule has 6 nitrogen and oxygen atoms in total. The Labute approximate surface area is 147 Å². The maximum atomic E-state index is 14.3. The molecule has 0 saturated heterocycles. The number of rotatable bonds is 3. The Morgan fingerprint density at radius 1 is 1.12 bits per heavy atom. The normalized spacial score (nSPS) is 14.0. The number of Topliss-reactive ketones (excluding diaryl/α,β-unsaturated/α-hetero) is 1. The van der Waals surface area contributed by atoms with Crippen molar-refractivity contribution >= 4 is 15.8 Å². The number of hydrogen-bond donors (Lipinski definition) is 0. The zero-order valence-corrected chi connectivity index (χ0v) is 14.4. The Balaban J connectivity index is 2.02. The Morgan fingerprint density at radius 3 is 2.54 bits per heavy atom. The zero-order valence-electron chi connectivity index (χ0n) is 13.6. The standard InChI is InChI=1S/C17H13F2N3O3S/c1-21-8-17(20-9-21)26(24,25)22-14-4-5-16(23)12(14)7-15(22)11-3-2-10(18)6-13(11)19/h2-3,6-9H,4-5H2,1H3. The van der Waals surface area contributed by atoms with E-state index in [1.807, 2.05) is 0 Å². The summed E-state index contributed by atoms with van der Waals surface area (Å²) in [5.74, 6) is -1.90. The van der Waals surface area contributed by atoms with Crippen molar-refractivity contribution in [2.24, 2.45) is 7.05 Å². The fourth-order valence-corrected chi connectivity index (χ4v) is 4.71. The van der Waals surface area contributed by atoms with Crippen molar-refractivity contribution in [1.82, 2.24) is 13.5 Å². The van der Waals surface area contributed by atoms with Crippen LogP contribution in [0.1, 0.15) is 22.5 Å². The van der Waals surface area contributed by atoms with Crippen LogP contribution in [0.15, 0.2) is 41.8 Å². The van der Waals surface area contributed by atoms with Gasteiger partial charge < -0.3 is 4.57 Å². The highest BCUT2D eigenvalue weighted by molar-refractivity contribution is 7.90. The first kappa shape index (κ1) is 16.6. The first-order chi connectivity index (χ1) is 12.3. The molecule has 1 aliphatic carbocycles. The molecule has 4 rings (SSSR count). The summed E-state index contributed by atoms with van der Waals surface area (Å²) in [6, 6.07) is 4.22. The molecule has 0 N–H and O–H groups in total. The summed E-state index contributed by atoms with van der Waals surface area (Å²) >= 11 is 0. The highest BCUT2D eigenvalue weighted by Gasteiger charge is 2.34. The third kappa shape index (κ3) is 2.38. The van der Waals surface area contributed by atoms with Crippen LogP contribution < -0.4 is 0 Å². The van der Waals surface area contributed by atoms with E-state index in [-0.39, 0.29) is 40.5 Å². The average Bonchev–Trinajstić information content (AvgIpc) is 3.24. The van der Waals surface area contributed by atoms with E-state index in [0.717, 1.165) is 16.1 Å². The second kappa shape index (κ2) is 5.60. The van der Waals surface area contributed by atoms with Crippen molar-refractivity contribution in [1.29, 1.82) is 0 Å². The van der Waals surface area contributed by atoms with Crippen LogP contribution in [0.2, 0.25) is 0 Å². The minimum absolute atomic E-state index is 0.0220. The molecule has 0 aliphatic heterocycles. The van der Waals surface area contributed by atoms with Gasteiger partial charge in [-0.3, -0.25) is 4.79 Å². The van der Waals surface area contributed by atoms with Crippen LogP contribution in [0, 0.1) is 11.6 Å². The largest absolute Gasteiger partial charge is 0.339 e. The van der Waals surface area contributed by atoms with E-state index in [1.165, 1.54) is 23.2 Å². The molecule has 0 unspecified atom stereocenters. The van der Waals surface area contributed by atoms with Crippen molar-refractivity contribution in [2.75, 3.05) is 0 Å². The first-order valence-corrected chi connectivity index (χ1v) is 9.20. The van der Waals surface area contributed by atoms with Crippen LogP contribution in [0.4, 0.5) is 8.78 Å². The lowest BCUT2D eigenvalue weighted by atomic mass is 10.1. The lowest BCUT2D eigenvalue weighted by Crippen LogP contribution is -2.17. The van der Waals surface area contributed by atoms with Crippen molar-refractivity contribution in [3.63, 3.8) is 0 Å². The number of imidazole rings is 1. The topological polar surface area (TPSA) is 74.0 Å². The van der Waals surface area contributed by atoms with Gasteiger partial charge >= 0.3 is 0 Å². The van der Waals surface area contributed by atoms with Crippen LogP contribution in [-0.4, -0.2) is 27.7 Å². The molecule has 0 fully saturated rings. The van der Waals surface area contributed by atoms with Gasteiger partial charge in [0.15, 0.2) is 10.8 Å². The molecule has 0 atom stereocenters. The van der Waals surface area contributed by atoms with E-state index in [4.69, 9.17) is 0 Å². The summed E-state index contributed by atoms with van der Waals surface area (Å²) in [6.07, 6.45) is 3.07. The zero-order chi connectivity index (χ0) is 18.6. The van der Waals surface area contributed by atoms with Gasteiger partial charge in [0.25, 0.3) is 10.0 Å². The van der Waals surface area contributed by atoms with Gasteiger partial charge in [0.1, 0.15) is 11.6 Å². The summed E-state index contributed by atoms with van der Waals surface area (Å²) in [6.45, 7) is 0. The summed E-state index contributed by atoms with van der Waals surface area (Å²) < 4.78 is 56.3. The van der Waals surface area contributed by atoms with Crippen molar-refractivity contribution in [3.05, 3.63) is 59.7 Å². The van der Waals surface area contributed by atoms with Gasteiger partial charge in [-0.2, -0.15) is 8.42 Å². The molecule has 2 aromatic heterocycles. The molecule has 134 valence electrons. The van der Waals surface area contributed by atoms with E-state index in [2.05, 4.69) is 4.98 Å². The molecule has 0 saturated carbocycles. The van der Waals surface area contributed by atoms with E-state index in [0.29, 0.717) is 11.8 Å². The van der Waals surface area contributed by atoms with Gasteiger partial charge in [0, 0.05) is 42.6 Å². The van der Waals surface area contributed by atoms with Crippen molar-refractivity contribution in [2.45, 2.75) is 17.9 Å². The molecule has 1 aromatic carbocycles. The quantitative estimate of drug-likeness (QED) is 0.703. The molecule has 0 amide bonds. The van der Waals surface area contributed by atoms with E-state index < -0.39 is 21.7 Å². The number of hydrogen-bond acceptors (Lipinski definition) is 4. The van der Waals surface area contributed by atoms with E-state index >= 15 is 0 Å². The molecule has 9 heteroatoms. The number of benzene rings is 1. The number of halogens is 2. The molecule has 0 spiro atoms. The number of fused-ring (bicyclic) bond motifs is 1. The van der Waals surface area contributed by atoms with Crippen molar-refractivity contribution < 1.29 is 22.0 Å². The Bertz CT molecular complexity index is 1160. The Hall–Kier alpha value is -2.81. The van der Waals surface area contributed by atoms with Crippen molar-refractivity contribution in [3.8, 4) is 11.3 Å². The summed E-state index contributed by atoms with van der Waals surface area (Å²) in [7, 11) is -2.54. The highest BCUT2D eigenvalue weighted by Crippen LogP contribution is 2.35. The molecule has 2 heterocycles. The summed E-state index contributed by atoms with van der Waals surface area (Å²) in [4.78, 5) is 16.0. The molecule has 3 aromatic rings. The monoisotopic (exact) mass is 377 g/mol. The number of carbonyl (C=O) groups is 1. The third-order valence-corrected chi connectivity index (χ3v) is 5.98. The smallest absolute Gasteiger partial charge is 0.287 e. The van der Waals surface area contributed by atoms with Gasteiger partial charge in [-0.1, -0.05) is 0 Å². The lowest BCUT2D eigenvalue weighted by Gasteiger charge is -2.12. The number of aryl methyl sites for hydroxylation is 1. The second-order valence-electron chi connectivity index (χ2n) is 6.08. The number of nitrogens with zero attached hydrogens (tertiary/aromatic N) is 3. The number of ketones is 1. The SMILES string of the molecule is Cn1cnc(S(=O)(=O)n2c(-c3ccc(F)cc3F)cc3c2CCC3=O)c1. The van der Waals surface area contributed by atoms with Crippen LogP contribution in [0.3, 0.4) is 0 Å². The molecular formula is C17H13F2N3O3S. The predicted octanol–water partition coefficient (Wildman–Crippen LogP) is 2.53. The van der Waals surface area contributed by atoms with Gasteiger partial charge in [0.05, 0.1) is 12.0 Å². The van der Waals surface area contributed by atoms with E-state index in [1.54, 1.807) is 7.05 Å². The van der Waals surface area contributed by atoms with Gasteiger partial charge in [-0.15, -0.1) is 0 Å². The molecule has 0 bridgehead atoms. The highest BCUT2D eigenvalue weighted by atomic mass is 32.2. The predicted molar refractivity (Wildman–Crippen MR) is 88.2 cm³/mol. The minimum Gasteiger partial charge on any atom is -0.339 e. The minimum atomic E-state index is -4.16. The average molecular weight is 377 g/mol. The fourth-order valence-electron chi connectivity index (χ4n) is 3.15. The van der Waals surface area contributed by atoms with Gasteiger partial charge in [0.2, 0.25) is 0 Å².